The molecule has 2 fully saturated rings. The third-order valence-electron chi connectivity index (χ3n) is 3.24. The molecular weight excluding hydrogens is 228 g/mol. The van der Waals surface area contributed by atoms with Crippen LogP contribution in [0.25, 0.3) is 0 Å². The first-order chi connectivity index (χ1) is 7.62. The summed E-state index contributed by atoms with van der Waals surface area (Å²) in [6.07, 6.45) is 2.63. The number of hydrogen-bond acceptors (Lipinski definition) is 3. The van der Waals surface area contributed by atoms with Crippen molar-refractivity contribution in [2.45, 2.75) is 37.3 Å². The van der Waals surface area contributed by atoms with E-state index < -0.39 is 5.97 Å². The Hall–Kier alpha value is -0.910. The lowest BCUT2D eigenvalue weighted by Crippen LogP contribution is -2.48. The zero-order valence-electron chi connectivity index (χ0n) is 8.99. The molecule has 16 heavy (non-hydrogen) atoms. The standard InChI is InChI=1S/C10H16N2O3S/c13-8(14)3-1-2-4-10-6-16-5-7(10)11-9(15)12-10/h7H,1-6H2,(H,13,14)(H2,11,12,15). The van der Waals surface area contributed by atoms with E-state index in [4.69, 9.17) is 5.11 Å². The highest BCUT2D eigenvalue weighted by Gasteiger charge is 2.49. The lowest BCUT2D eigenvalue weighted by atomic mass is 9.89. The van der Waals surface area contributed by atoms with Crippen LogP contribution in [0.1, 0.15) is 25.7 Å². The van der Waals surface area contributed by atoms with E-state index >= 15 is 0 Å². The predicted octanol–water partition coefficient (Wildman–Crippen LogP) is 0.798. The van der Waals surface area contributed by atoms with Crippen LogP contribution < -0.4 is 10.6 Å². The third-order valence-corrected chi connectivity index (χ3v) is 4.53. The highest BCUT2D eigenvalue weighted by Crippen LogP contribution is 2.35. The van der Waals surface area contributed by atoms with Gasteiger partial charge in [0, 0.05) is 17.9 Å². The van der Waals surface area contributed by atoms with Gasteiger partial charge in [-0.1, -0.05) is 6.42 Å². The first kappa shape index (κ1) is 11.6. The summed E-state index contributed by atoms with van der Waals surface area (Å²) in [6.45, 7) is 0. The molecule has 6 heteroatoms. The summed E-state index contributed by atoms with van der Waals surface area (Å²) in [5.41, 5.74) is -0.125. The molecule has 2 aliphatic heterocycles. The molecule has 0 spiro atoms. The fourth-order valence-corrected chi connectivity index (χ4v) is 3.91. The number of carboxylic acid groups (broad SMARTS) is 1. The molecule has 0 aliphatic carbocycles. The van der Waals surface area contributed by atoms with Gasteiger partial charge in [0.05, 0.1) is 11.6 Å². The predicted molar refractivity (Wildman–Crippen MR) is 61.6 cm³/mol. The van der Waals surface area contributed by atoms with E-state index in [-0.39, 0.29) is 24.0 Å². The van der Waals surface area contributed by atoms with Crippen LogP contribution in [0.15, 0.2) is 0 Å². The molecule has 2 atom stereocenters. The van der Waals surface area contributed by atoms with Gasteiger partial charge in [0.25, 0.3) is 0 Å². The first-order valence-corrected chi connectivity index (χ1v) is 6.66. The highest BCUT2D eigenvalue weighted by atomic mass is 32.2. The lowest BCUT2D eigenvalue weighted by molar-refractivity contribution is -0.137. The molecule has 2 heterocycles. The summed E-state index contributed by atoms with van der Waals surface area (Å²) in [5, 5.41) is 14.5. The van der Waals surface area contributed by atoms with Crippen molar-refractivity contribution < 1.29 is 14.7 Å². The number of carboxylic acids is 1. The van der Waals surface area contributed by atoms with Gasteiger partial charge < -0.3 is 15.7 Å². The summed E-state index contributed by atoms with van der Waals surface area (Å²) in [5.74, 6) is 1.14. The monoisotopic (exact) mass is 244 g/mol. The molecule has 0 aromatic rings. The molecule has 0 radical (unpaired) electrons. The lowest BCUT2D eigenvalue weighted by Gasteiger charge is -2.26. The Kier molecular flexibility index (Phi) is 3.28. The van der Waals surface area contributed by atoms with Crippen LogP contribution in [0.4, 0.5) is 4.79 Å². The van der Waals surface area contributed by atoms with Gasteiger partial charge in [-0.25, -0.2) is 4.79 Å². The molecule has 5 nitrogen and oxygen atoms in total. The molecule has 2 rings (SSSR count). The van der Waals surface area contributed by atoms with E-state index in [1.54, 1.807) is 0 Å². The van der Waals surface area contributed by atoms with E-state index in [2.05, 4.69) is 10.6 Å². The maximum absolute atomic E-state index is 11.3. The van der Waals surface area contributed by atoms with E-state index in [9.17, 15) is 9.59 Å². The highest BCUT2D eigenvalue weighted by molar-refractivity contribution is 7.99. The molecule has 2 saturated heterocycles. The van der Waals surface area contributed by atoms with Crippen molar-refractivity contribution in [2.24, 2.45) is 0 Å². The Morgan fingerprint density at radius 3 is 3.12 bits per heavy atom. The zero-order chi connectivity index (χ0) is 11.6. The van der Waals surface area contributed by atoms with Gasteiger partial charge in [-0.3, -0.25) is 4.79 Å². The number of fused-ring (bicyclic) bond motifs is 1. The van der Waals surface area contributed by atoms with Crippen molar-refractivity contribution in [3.05, 3.63) is 0 Å². The smallest absolute Gasteiger partial charge is 0.315 e. The molecule has 3 N–H and O–H groups in total. The van der Waals surface area contributed by atoms with Gasteiger partial charge in [0.1, 0.15) is 0 Å². The second-order valence-corrected chi connectivity index (χ2v) is 5.45. The Morgan fingerprint density at radius 2 is 2.38 bits per heavy atom. The summed E-state index contributed by atoms with van der Waals surface area (Å²) in [6, 6.07) is 0.137. The van der Waals surface area contributed by atoms with Crippen LogP contribution >= 0.6 is 11.8 Å². The number of rotatable bonds is 5. The van der Waals surface area contributed by atoms with Crippen LogP contribution in [0.5, 0.6) is 0 Å². The number of carbonyl (C=O) groups excluding carboxylic acids is 1. The minimum atomic E-state index is -0.747. The molecule has 2 aliphatic rings. The van der Waals surface area contributed by atoms with Gasteiger partial charge in [0.15, 0.2) is 0 Å². The Bertz CT molecular complexity index is 310. The van der Waals surface area contributed by atoms with Crippen molar-refractivity contribution in [2.75, 3.05) is 11.5 Å². The fraction of sp³-hybridized carbons (Fsp3) is 0.800. The summed E-state index contributed by atoms with van der Waals surface area (Å²) >= 11 is 1.84. The quantitative estimate of drug-likeness (QED) is 0.494. The Morgan fingerprint density at radius 1 is 1.56 bits per heavy atom. The summed E-state index contributed by atoms with van der Waals surface area (Å²) < 4.78 is 0. The molecule has 90 valence electrons. The first-order valence-electron chi connectivity index (χ1n) is 5.51. The topological polar surface area (TPSA) is 78.4 Å². The van der Waals surface area contributed by atoms with Crippen molar-refractivity contribution in [1.29, 1.82) is 0 Å². The number of amides is 2. The molecule has 0 saturated carbocycles. The number of aliphatic carboxylic acids is 1. The summed E-state index contributed by atoms with van der Waals surface area (Å²) in [7, 11) is 0. The number of nitrogens with one attached hydrogen (secondary N) is 2. The molecule has 2 unspecified atom stereocenters. The maximum Gasteiger partial charge on any atom is 0.315 e. The van der Waals surface area contributed by atoms with Crippen LogP contribution in [-0.2, 0) is 4.79 Å². The average Bonchev–Trinajstić information content (AvgIpc) is 2.68. The normalized spacial score (nSPS) is 32.0. The van der Waals surface area contributed by atoms with E-state index in [1.165, 1.54) is 0 Å². The molecule has 0 bridgehead atoms. The van der Waals surface area contributed by atoms with Crippen molar-refractivity contribution in [3.8, 4) is 0 Å². The zero-order valence-corrected chi connectivity index (χ0v) is 9.81. The maximum atomic E-state index is 11.3. The van der Waals surface area contributed by atoms with Gasteiger partial charge in [-0.15, -0.1) is 0 Å². The average molecular weight is 244 g/mol. The van der Waals surface area contributed by atoms with Crippen molar-refractivity contribution in [1.82, 2.24) is 10.6 Å². The number of thioether (sulfide) groups is 1. The van der Waals surface area contributed by atoms with Crippen molar-refractivity contribution in [3.63, 3.8) is 0 Å². The molecular formula is C10H16N2O3S. The number of carbonyl (C=O) groups is 2. The minimum Gasteiger partial charge on any atom is -0.481 e. The number of hydrogen-bond donors (Lipinski definition) is 3. The van der Waals surface area contributed by atoms with Gasteiger partial charge in [-0.05, 0) is 12.8 Å². The second kappa shape index (κ2) is 4.53. The van der Waals surface area contributed by atoms with Crippen LogP contribution in [0, 0.1) is 0 Å². The Balaban J connectivity index is 1.82. The largest absolute Gasteiger partial charge is 0.481 e. The van der Waals surface area contributed by atoms with E-state index in [1.807, 2.05) is 11.8 Å². The van der Waals surface area contributed by atoms with E-state index in [0.29, 0.717) is 6.42 Å². The van der Waals surface area contributed by atoms with Gasteiger partial charge in [-0.2, -0.15) is 11.8 Å². The van der Waals surface area contributed by atoms with Crippen molar-refractivity contribution >= 4 is 23.8 Å². The molecule has 0 aromatic carbocycles. The van der Waals surface area contributed by atoms with Gasteiger partial charge in [0.2, 0.25) is 0 Å². The van der Waals surface area contributed by atoms with Crippen LogP contribution in [-0.4, -0.2) is 40.2 Å². The summed E-state index contributed by atoms with van der Waals surface area (Å²) in [4.78, 5) is 21.7. The second-order valence-electron chi connectivity index (χ2n) is 4.42. The minimum absolute atomic E-state index is 0.0801. The van der Waals surface area contributed by atoms with Gasteiger partial charge >= 0.3 is 12.0 Å². The molecule has 2 amide bonds. The number of unbranched alkanes of at least 4 members (excludes halogenated alkanes) is 1. The van der Waals surface area contributed by atoms with Crippen LogP contribution in [0.2, 0.25) is 0 Å². The fourth-order valence-electron chi connectivity index (χ4n) is 2.37. The van der Waals surface area contributed by atoms with Crippen LogP contribution in [0.3, 0.4) is 0 Å². The SMILES string of the molecule is O=C(O)CCCCC12CSCC1NC(=O)N2. The molecule has 0 aromatic heterocycles. The Labute approximate surface area is 98.4 Å². The number of urea groups is 1. The third kappa shape index (κ3) is 2.26. The van der Waals surface area contributed by atoms with E-state index in [0.717, 1.165) is 24.3 Å².